The second-order valence-electron chi connectivity index (χ2n) is 2.64. The predicted molar refractivity (Wildman–Crippen MR) is 48.4 cm³/mol. The number of hydrogen-bond acceptors (Lipinski definition) is 2. The van der Waals surface area contributed by atoms with E-state index in [0.29, 0.717) is 6.04 Å². The Labute approximate surface area is 68.1 Å². The van der Waals surface area contributed by atoms with Gasteiger partial charge in [-0.1, -0.05) is 0 Å². The summed E-state index contributed by atoms with van der Waals surface area (Å²) in [6, 6.07) is 0.546. The first-order chi connectivity index (χ1) is 5.16. The molecular formula is C7H18N4. The molecule has 0 aromatic carbocycles. The van der Waals surface area contributed by atoms with Crippen molar-refractivity contribution in [3.05, 3.63) is 0 Å². The van der Waals surface area contributed by atoms with Crippen LogP contribution in [0.3, 0.4) is 0 Å². The highest BCUT2D eigenvalue weighted by Crippen LogP contribution is 1.94. The number of nitrogens with one attached hydrogen (secondary N) is 1. The van der Waals surface area contributed by atoms with Crippen molar-refractivity contribution in [1.29, 1.82) is 0 Å². The molecule has 0 aromatic rings. The summed E-state index contributed by atoms with van der Waals surface area (Å²) in [6.07, 6.45) is 2.13. The molecule has 0 aliphatic rings. The molecule has 1 atom stereocenters. The van der Waals surface area contributed by atoms with Crippen molar-refractivity contribution in [3.8, 4) is 0 Å². The van der Waals surface area contributed by atoms with Crippen LogP contribution in [0.15, 0.2) is 4.99 Å². The first-order valence-electron chi connectivity index (χ1n) is 3.89. The zero-order valence-electron chi connectivity index (χ0n) is 7.30. The normalized spacial score (nSPS) is 12.5. The average molecular weight is 158 g/mol. The number of rotatable bonds is 5. The van der Waals surface area contributed by atoms with Crippen molar-refractivity contribution in [3.63, 3.8) is 0 Å². The van der Waals surface area contributed by atoms with E-state index in [4.69, 9.17) is 11.5 Å². The first kappa shape index (κ1) is 10.2. The second-order valence-corrected chi connectivity index (χ2v) is 2.64. The van der Waals surface area contributed by atoms with Crippen molar-refractivity contribution in [1.82, 2.24) is 5.32 Å². The molecule has 11 heavy (non-hydrogen) atoms. The van der Waals surface area contributed by atoms with Gasteiger partial charge in [0.2, 0.25) is 0 Å². The van der Waals surface area contributed by atoms with E-state index >= 15 is 0 Å². The standard InChI is InChI=1S/C7H18N4/c1-6(10-2)4-3-5-11-7(8)9/h6,10H,3-5H2,1-2H3,(H4,8,9,11)/t6-/m1/s1. The number of guanidine groups is 1. The van der Waals surface area contributed by atoms with Crippen LogP contribution < -0.4 is 16.8 Å². The van der Waals surface area contributed by atoms with Crippen LogP contribution in [0.5, 0.6) is 0 Å². The molecule has 5 N–H and O–H groups in total. The van der Waals surface area contributed by atoms with Crippen molar-refractivity contribution in [2.24, 2.45) is 16.5 Å². The fraction of sp³-hybridized carbons (Fsp3) is 0.857. The molecule has 0 saturated heterocycles. The third kappa shape index (κ3) is 7.12. The summed E-state index contributed by atoms with van der Waals surface area (Å²) in [7, 11) is 1.95. The van der Waals surface area contributed by atoms with Crippen molar-refractivity contribution < 1.29 is 0 Å². The lowest BCUT2D eigenvalue weighted by Crippen LogP contribution is -2.24. The minimum absolute atomic E-state index is 0.183. The number of nitrogens with two attached hydrogens (primary N) is 2. The SMILES string of the molecule is CN[C@H](C)CCCN=C(N)N. The summed E-state index contributed by atoms with van der Waals surface area (Å²) in [5.41, 5.74) is 10.3. The molecule has 4 heteroatoms. The lowest BCUT2D eigenvalue weighted by Gasteiger charge is -2.07. The smallest absolute Gasteiger partial charge is 0.185 e. The fourth-order valence-corrected chi connectivity index (χ4v) is 0.750. The summed E-state index contributed by atoms with van der Waals surface area (Å²) in [5, 5.41) is 3.14. The zero-order chi connectivity index (χ0) is 8.69. The summed E-state index contributed by atoms with van der Waals surface area (Å²) in [4.78, 5) is 3.88. The maximum Gasteiger partial charge on any atom is 0.185 e. The molecule has 0 unspecified atom stereocenters. The minimum atomic E-state index is 0.183. The molecular weight excluding hydrogens is 140 g/mol. The third-order valence-corrected chi connectivity index (χ3v) is 1.58. The quantitative estimate of drug-likeness (QED) is 0.291. The Morgan fingerprint density at radius 1 is 1.55 bits per heavy atom. The molecule has 0 aliphatic carbocycles. The molecule has 0 aliphatic heterocycles. The number of aliphatic imine (C=N–C) groups is 1. The number of hydrogen-bond donors (Lipinski definition) is 3. The van der Waals surface area contributed by atoms with Crippen LogP contribution in [0.1, 0.15) is 19.8 Å². The van der Waals surface area contributed by atoms with Gasteiger partial charge in [0.25, 0.3) is 0 Å². The van der Waals surface area contributed by atoms with Crippen LogP contribution in [-0.4, -0.2) is 25.6 Å². The van der Waals surface area contributed by atoms with Gasteiger partial charge in [0, 0.05) is 12.6 Å². The number of nitrogens with zero attached hydrogens (tertiary/aromatic N) is 1. The summed E-state index contributed by atoms with van der Waals surface area (Å²) in [6.45, 7) is 2.86. The fourth-order valence-electron chi connectivity index (χ4n) is 0.750. The molecule has 66 valence electrons. The van der Waals surface area contributed by atoms with E-state index in [1.807, 2.05) is 7.05 Å². The van der Waals surface area contributed by atoms with Crippen molar-refractivity contribution >= 4 is 5.96 Å². The van der Waals surface area contributed by atoms with Crippen molar-refractivity contribution in [2.45, 2.75) is 25.8 Å². The lowest BCUT2D eigenvalue weighted by atomic mass is 10.2. The van der Waals surface area contributed by atoms with Gasteiger partial charge in [-0.2, -0.15) is 0 Å². The Hall–Kier alpha value is -0.770. The maximum atomic E-state index is 5.15. The van der Waals surface area contributed by atoms with Crippen LogP contribution in [0.4, 0.5) is 0 Å². The molecule has 0 aromatic heterocycles. The van der Waals surface area contributed by atoms with Gasteiger partial charge < -0.3 is 16.8 Å². The van der Waals surface area contributed by atoms with E-state index in [-0.39, 0.29) is 5.96 Å². The molecule has 0 saturated carbocycles. The summed E-state index contributed by atoms with van der Waals surface area (Å²) in [5.74, 6) is 0.183. The van der Waals surface area contributed by atoms with Gasteiger partial charge in [-0.05, 0) is 26.8 Å². The maximum absolute atomic E-state index is 5.15. The van der Waals surface area contributed by atoms with Crippen molar-refractivity contribution in [2.75, 3.05) is 13.6 Å². The first-order valence-corrected chi connectivity index (χ1v) is 3.89. The molecule has 4 nitrogen and oxygen atoms in total. The van der Waals surface area contributed by atoms with E-state index < -0.39 is 0 Å². The molecule has 0 bridgehead atoms. The topological polar surface area (TPSA) is 76.4 Å². The van der Waals surface area contributed by atoms with Crippen LogP contribution in [0, 0.1) is 0 Å². The Balaban J connectivity index is 3.21. The van der Waals surface area contributed by atoms with E-state index in [9.17, 15) is 0 Å². The van der Waals surface area contributed by atoms with E-state index in [1.54, 1.807) is 0 Å². The Bertz CT molecular complexity index is 118. The van der Waals surface area contributed by atoms with E-state index in [0.717, 1.165) is 19.4 Å². The third-order valence-electron chi connectivity index (χ3n) is 1.58. The highest BCUT2D eigenvalue weighted by molar-refractivity contribution is 5.75. The van der Waals surface area contributed by atoms with E-state index in [2.05, 4.69) is 17.2 Å². The Morgan fingerprint density at radius 2 is 2.18 bits per heavy atom. The highest BCUT2D eigenvalue weighted by Gasteiger charge is 1.95. The van der Waals surface area contributed by atoms with Crippen LogP contribution in [-0.2, 0) is 0 Å². The minimum Gasteiger partial charge on any atom is -0.370 e. The van der Waals surface area contributed by atoms with Crippen LogP contribution >= 0.6 is 0 Å². The average Bonchev–Trinajstić information content (AvgIpc) is 1.97. The molecule has 0 spiro atoms. The van der Waals surface area contributed by atoms with Gasteiger partial charge in [-0.25, -0.2) is 0 Å². The molecule has 0 radical (unpaired) electrons. The zero-order valence-corrected chi connectivity index (χ0v) is 7.30. The van der Waals surface area contributed by atoms with Gasteiger partial charge in [0.15, 0.2) is 5.96 Å². The molecule has 0 fully saturated rings. The monoisotopic (exact) mass is 158 g/mol. The van der Waals surface area contributed by atoms with Gasteiger partial charge >= 0.3 is 0 Å². The van der Waals surface area contributed by atoms with Crippen LogP contribution in [0.25, 0.3) is 0 Å². The Kier molecular flexibility index (Phi) is 5.56. The second kappa shape index (κ2) is 5.97. The van der Waals surface area contributed by atoms with Gasteiger partial charge in [-0.15, -0.1) is 0 Å². The summed E-state index contributed by atoms with van der Waals surface area (Å²) < 4.78 is 0. The van der Waals surface area contributed by atoms with Gasteiger partial charge in [0.05, 0.1) is 0 Å². The highest BCUT2D eigenvalue weighted by atomic mass is 15.0. The van der Waals surface area contributed by atoms with Gasteiger partial charge in [0.1, 0.15) is 0 Å². The molecule has 0 amide bonds. The lowest BCUT2D eigenvalue weighted by molar-refractivity contribution is 0.546. The largest absolute Gasteiger partial charge is 0.370 e. The Morgan fingerprint density at radius 3 is 2.64 bits per heavy atom. The van der Waals surface area contributed by atoms with Crippen LogP contribution in [0.2, 0.25) is 0 Å². The molecule has 0 heterocycles. The van der Waals surface area contributed by atoms with E-state index in [1.165, 1.54) is 0 Å². The molecule has 0 rings (SSSR count). The summed E-state index contributed by atoms with van der Waals surface area (Å²) >= 11 is 0. The predicted octanol–water partition coefficient (Wildman–Crippen LogP) is -0.352. The van der Waals surface area contributed by atoms with Gasteiger partial charge in [-0.3, -0.25) is 4.99 Å².